The van der Waals surface area contributed by atoms with Crippen molar-refractivity contribution in [2.75, 3.05) is 13.2 Å². The molecule has 0 amide bonds. The Balaban J connectivity index is 4.01. The van der Waals surface area contributed by atoms with Crippen LogP contribution in [0.2, 0.25) is 0 Å². The smallest absolute Gasteiger partial charge is 0.306 e. The van der Waals surface area contributed by atoms with Crippen LogP contribution in [0.5, 0.6) is 0 Å². The number of allylic oxidation sites excluding steroid dienone is 4. The molecule has 0 aromatic carbocycles. The highest BCUT2D eigenvalue weighted by atomic mass is 16.6. The number of unbranched alkanes of at least 4 members (excludes halogenated alkanes) is 42. The van der Waals surface area contributed by atoms with Crippen molar-refractivity contribution in [1.82, 2.24) is 0 Å². The number of carbonyl (C=O) groups excluding carboxylic acids is 3. The molecule has 0 radical (unpaired) electrons. The lowest BCUT2D eigenvalue weighted by Crippen LogP contribution is -2.30. The highest BCUT2D eigenvalue weighted by Gasteiger charge is 2.19. The Morgan fingerprint density at radius 1 is 0.290 bits per heavy atom. The fourth-order valence-corrected chi connectivity index (χ4v) is 9.30. The lowest BCUT2D eigenvalue weighted by atomic mass is 10.0. The van der Waals surface area contributed by atoms with E-state index in [1.165, 1.54) is 238 Å². The van der Waals surface area contributed by atoms with E-state index in [0.29, 0.717) is 19.3 Å². The van der Waals surface area contributed by atoms with Gasteiger partial charge in [0, 0.05) is 19.3 Å². The first-order valence-electron chi connectivity index (χ1n) is 30.8. The molecule has 0 aromatic rings. The number of ether oxygens (including phenoxy) is 3. The monoisotopic (exact) mass is 971 g/mol. The van der Waals surface area contributed by atoms with Crippen LogP contribution in [0.4, 0.5) is 0 Å². The predicted molar refractivity (Wildman–Crippen MR) is 298 cm³/mol. The van der Waals surface area contributed by atoms with E-state index in [0.717, 1.165) is 64.2 Å². The second kappa shape index (κ2) is 58.5. The van der Waals surface area contributed by atoms with Crippen LogP contribution in [0.15, 0.2) is 24.3 Å². The van der Waals surface area contributed by atoms with Crippen molar-refractivity contribution in [1.29, 1.82) is 0 Å². The van der Waals surface area contributed by atoms with Crippen LogP contribution >= 0.6 is 0 Å². The summed E-state index contributed by atoms with van der Waals surface area (Å²) in [6, 6.07) is 0. The third-order valence-electron chi connectivity index (χ3n) is 14.0. The Morgan fingerprint density at radius 3 is 0.797 bits per heavy atom. The van der Waals surface area contributed by atoms with E-state index in [4.69, 9.17) is 14.2 Å². The summed E-state index contributed by atoms with van der Waals surface area (Å²) in [6.45, 7) is 6.64. The van der Waals surface area contributed by atoms with Gasteiger partial charge in [0.15, 0.2) is 6.10 Å². The molecule has 0 aliphatic heterocycles. The molecule has 0 N–H and O–H groups in total. The van der Waals surface area contributed by atoms with Crippen LogP contribution < -0.4 is 0 Å². The molecule has 0 bridgehead atoms. The zero-order chi connectivity index (χ0) is 50.0. The van der Waals surface area contributed by atoms with Gasteiger partial charge >= 0.3 is 17.9 Å². The second-order valence-electron chi connectivity index (χ2n) is 21.0. The molecule has 6 heteroatoms. The molecule has 69 heavy (non-hydrogen) atoms. The number of rotatable bonds is 57. The van der Waals surface area contributed by atoms with E-state index >= 15 is 0 Å². The zero-order valence-electron chi connectivity index (χ0n) is 46.6. The van der Waals surface area contributed by atoms with Crippen LogP contribution in [-0.4, -0.2) is 37.2 Å². The number of hydrogen-bond donors (Lipinski definition) is 0. The molecule has 0 heterocycles. The van der Waals surface area contributed by atoms with Gasteiger partial charge in [-0.3, -0.25) is 14.4 Å². The van der Waals surface area contributed by atoms with Crippen LogP contribution in [-0.2, 0) is 28.6 Å². The van der Waals surface area contributed by atoms with Crippen molar-refractivity contribution in [3.8, 4) is 0 Å². The third-order valence-corrected chi connectivity index (χ3v) is 14.0. The summed E-state index contributed by atoms with van der Waals surface area (Å²) in [5, 5.41) is 0. The Morgan fingerprint density at radius 2 is 0.522 bits per heavy atom. The Hall–Kier alpha value is -2.11. The van der Waals surface area contributed by atoms with E-state index in [9.17, 15) is 14.4 Å². The van der Waals surface area contributed by atoms with Gasteiger partial charge in [0.2, 0.25) is 0 Å². The summed E-state index contributed by atoms with van der Waals surface area (Å²) < 4.78 is 16.8. The van der Waals surface area contributed by atoms with Gasteiger partial charge in [-0.15, -0.1) is 0 Å². The standard InChI is InChI=1S/C63H118O6/c1-4-7-10-13-16-18-20-22-24-25-26-27-28-29-30-31-32-33-34-35-36-37-39-40-42-44-47-50-53-56-62(65)68-59-60(58-67-61(64)55-52-49-46-15-12-9-6-3)69-63(66)57-54-51-48-45-43-41-38-23-21-19-17-14-11-8-5-2/h20,22,25-26,60H,4-19,21,23-24,27-59H2,1-3H3/b22-20-,26-25-. The van der Waals surface area contributed by atoms with E-state index < -0.39 is 6.10 Å². The first-order valence-corrected chi connectivity index (χ1v) is 30.8. The number of carbonyl (C=O) groups is 3. The minimum Gasteiger partial charge on any atom is -0.462 e. The molecular formula is C63H118O6. The van der Waals surface area contributed by atoms with Crippen molar-refractivity contribution < 1.29 is 28.6 Å². The Labute approximate surface area is 430 Å². The highest BCUT2D eigenvalue weighted by Crippen LogP contribution is 2.17. The first-order chi connectivity index (χ1) is 34.0. The SMILES string of the molecule is CCCCCCC/C=C\C/C=C\CCCCCCCCCCCCCCCCCCCC(=O)OCC(COC(=O)CCCCCCCCC)OC(=O)CCCCCCCCCCCCCCCCC. The third kappa shape index (κ3) is 56.7. The summed E-state index contributed by atoms with van der Waals surface area (Å²) in [6.07, 6.45) is 69.3. The average molecular weight is 972 g/mol. The largest absolute Gasteiger partial charge is 0.462 e. The summed E-state index contributed by atoms with van der Waals surface area (Å²) in [5.74, 6) is -0.850. The van der Waals surface area contributed by atoms with Crippen LogP contribution in [0.25, 0.3) is 0 Å². The van der Waals surface area contributed by atoms with Crippen LogP contribution in [0.1, 0.15) is 342 Å². The molecule has 406 valence electrons. The summed E-state index contributed by atoms with van der Waals surface area (Å²) in [5.41, 5.74) is 0. The van der Waals surface area contributed by atoms with Crippen molar-refractivity contribution >= 4 is 17.9 Å². The van der Waals surface area contributed by atoms with E-state index in [-0.39, 0.29) is 31.1 Å². The van der Waals surface area contributed by atoms with Crippen molar-refractivity contribution in [2.24, 2.45) is 0 Å². The maximum absolute atomic E-state index is 12.8. The minimum atomic E-state index is -0.763. The average Bonchev–Trinajstić information content (AvgIpc) is 3.35. The van der Waals surface area contributed by atoms with Gasteiger partial charge in [0.25, 0.3) is 0 Å². The van der Waals surface area contributed by atoms with Gasteiger partial charge in [-0.25, -0.2) is 0 Å². The van der Waals surface area contributed by atoms with E-state index in [1.807, 2.05) is 0 Å². The Bertz CT molecular complexity index is 1110. The van der Waals surface area contributed by atoms with Gasteiger partial charge in [-0.2, -0.15) is 0 Å². The fraction of sp³-hybridized carbons (Fsp3) is 0.889. The van der Waals surface area contributed by atoms with Crippen molar-refractivity contribution in [3.63, 3.8) is 0 Å². The Kier molecular flexibility index (Phi) is 56.7. The van der Waals surface area contributed by atoms with Crippen LogP contribution in [0, 0.1) is 0 Å². The molecule has 0 aliphatic rings. The van der Waals surface area contributed by atoms with E-state index in [2.05, 4.69) is 45.1 Å². The van der Waals surface area contributed by atoms with E-state index in [1.54, 1.807) is 0 Å². The second-order valence-corrected chi connectivity index (χ2v) is 21.0. The molecule has 0 rings (SSSR count). The molecule has 1 unspecified atom stereocenters. The molecule has 6 nitrogen and oxygen atoms in total. The van der Waals surface area contributed by atoms with Gasteiger partial charge in [0.1, 0.15) is 13.2 Å². The quantitative estimate of drug-likeness (QED) is 0.0261. The molecule has 0 aliphatic carbocycles. The maximum Gasteiger partial charge on any atom is 0.306 e. The zero-order valence-corrected chi connectivity index (χ0v) is 46.6. The van der Waals surface area contributed by atoms with Crippen molar-refractivity contribution in [2.45, 2.75) is 348 Å². The predicted octanol–water partition coefficient (Wildman–Crippen LogP) is 20.7. The lowest BCUT2D eigenvalue weighted by molar-refractivity contribution is -0.167. The molecule has 0 aromatic heterocycles. The fourth-order valence-electron chi connectivity index (χ4n) is 9.30. The van der Waals surface area contributed by atoms with Crippen molar-refractivity contribution in [3.05, 3.63) is 24.3 Å². The molecule has 0 spiro atoms. The van der Waals surface area contributed by atoms with Gasteiger partial charge < -0.3 is 14.2 Å². The molecule has 0 saturated heterocycles. The van der Waals surface area contributed by atoms with Crippen LogP contribution in [0.3, 0.4) is 0 Å². The topological polar surface area (TPSA) is 78.9 Å². The molecule has 1 atom stereocenters. The minimum absolute atomic E-state index is 0.0650. The summed E-state index contributed by atoms with van der Waals surface area (Å²) in [7, 11) is 0. The number of esters is 3. The molecule has 0 saturated carbocycles. The summed E-state index contributed by atoms with van der Waals surface area (Å²) >= 11 is 0. The van der Waals surface area contributed by atoms with Gasteiger partial charge in [-0.05, 0) is 51.4 Å². The highest BCUT2D eigenvalue weighted by molar-refractivity contribution is 5.71. The molecule has 0 fully saturated rings. The number of hydrogen-bond acceptors (Lipinski definition) is 6. The molecular weight excluding hydrogens is 853 g/mol. The van der Waals surface area contributed by atoms with Gasteiger partial charge in [-0.1, -0.05) is 295 Å². The first kappa shape index (κ1) is 66.9. The normalized spacial score (nSPS) is 12.1. The summed E-state index contributed by atoms with van der Waals surface area (Å²) in [4.78, 5) is 38.0. The van der Waals surface area contributed by atoms with Gasteiger partial charge in [0.05, 0.1) is 0 Å². The maximum atomic E-state index is 12.8. The lowest BCUT2D eigenvalue weighted by Gasteiger charge is -2.18.